The minimum Gasteiger partial charge on any atom is -0.484 e. The molecule has 5 heteroatoms. The molecular weight excluding hydrogens is 304 g/mol. The molecule has 2 aliphatic rings. The molecule has 5 nitrogen and oxygen atoms in total. The van der Waals surface area contributed by atoms with Gasteiger partial charge >= 0.3 is 0 Å². The van der Waals surface area contributed by atoms with Gasteiger partial charge in [0.1, 0.15) is 5.75 Å². The molecule has 2 aliphatic carbocycles. The molecule has 3 rings (SSSR count). The van der Waals surface area contributed by atoms with Gasteiger partial charge in [-0.2, -0.15) is 0 Å². The second-order valence-corrected chi connectivity index (χ2v) is 7.27. The molecule has 0 spiro atoms. The monoisotopic (exact) mass is 332 g/mol. The normalized spacial score (nSPS) is 28.5. The van der Waals surface area contributed by atoms with E-state index in [1.807, 2.05) is 25.3 Å². The quantitative estimate of drug-likeness (QED) is 0.870. The molecule has 2 unspecified atom stereocenters. The van der Waals surface area contributed by atoms with Crippen LogP contribution < -0.4 is 10.1 Å². The lowest BCUT2D eigenvalue weighted by Gasteiger charge is -2.18. The number of hydrogen-bond acceptors (Lipinski definition) is 4. The molecule has 0 heterocycles. The molecule has 0 aliphatic heterocycles. The van der Waals surface area contributed by atoms with Crippen molar-refractivity contribution in [1.82, 2.24) is 4.90 Å². The summed E-state index contributed by atoms with van der Waals surface area (Å²) in [5.74, 6) is 2.28. The third kappa shape index (κ3) is 4.01. The maximum atomic E-state index is 11.6. The van der Waals surface area contributed by atoms with Crippen molar-refractivity contribution in [3.8, 4) is 5.75 Å². The first-order valence-corrected chi connectivity index (χ1v) is 8.77. The number of fused-ring (bicyclic) bond motifs is 1. The second-order valence-electron chi connectivity index (χ2n) is 7.27. The first-order chi connectivity index (χ1) is 11.5. The van der Waals surface area contributed by atoms with Crippen molar-refractivity contribution in [3.05, 3.63) is 24.3 Å². The molecule has 1 amide bonds. The Morgan fingerprint density at radius 1 is 1.21 bits per heavy atom. The summed E-state index contributed by atoms with van der Waals surface area (Å²) in [6.07, 6.45) is 5.31. The first kappa shape index (κ1) is 17.1. The van der Waals surface area contributed by atoms with Gasteiger partial charge < -0.3 is 19.7 Å². The van der Waals surface area contributed by atoms with E-state index in [1.54, 1.807) is 14.1 Å². The Labute approximate surface area is 144 Å². The number of likely N-dealkylation sites (N-methyl/N-ethyl adjacent to an activating group) is 1. The van der Waals surface area contributed by atoms with E-state index in [9.17, 15) is 4.79 Å². The molecule has 0 radical (unpaired) electrons. The third-order valence-electron chi connectivity index (χ3n) is 5.37. The van der Waals surface area contributed by atoms with Crippen molar-refractivity contribution < 1.29 is 14.3 Å². The van der Waals surface area contributed by atoms with Crippen LogP contribution in [0.3, 0.4) is 0 Å². The first-order valence-electron chi connectivity index (χ1n) is 8.77. The van der Waals surface area contributed by atoms with Crippen LogP contribution in [0, 0.1) is 11.8 Å². The van der Waals surface area contributed by atoms with E-state index < -0.39 is 0 Å². The van der Waals surface area contributed by atoms with Crippen LogP contribution in [0.1, 0.15) is 25.7 Å². The van der Waals surface area contributed by atoms with Crippen LogP contribution in [0.5, 0.6) is 5.75 Å². The summed E-state index contributed by atoms with van der Waals surface area (Å²) >= 11 is 0. The Kier molecular flexibility index (Phi) is 5.29. The van der Waals surface area contributed by atoms with Gasteiger partial charge in [0, 0.05) is 39.0 Å². The molecule has 1 aromatic rings. The van der Waals surface area contributed by atoms with E-state index in [0.717, 1.165) is 23.3 Å². The largest absolute Gasteiger partial charge is 0.484 e. The zero-order valence-electron chi connectivity index (χ0n) is 14.8. The predicted molar refractivity (Wildman–Crippen MR) is 94.3 cm³/mol. The van der Waals surface area contributed by atoms with Crippen LogP contribution in [0.15, 0.2) is 24.3 Å². The lowest BCUT2D eigenvalue weighted by molar-refractivity contribution is -0.130. The van der Waals surface area contributed by atoms with Gasteiger partial charge in [0.25, 0.3) is 5.91 Å². The Balaban J connectivity index is 1.52. The van der Waals surface area contributed by atoms with Crippen LogP contribution in [0.4, 0.5) is 5.69 Å². The minimum atomic E-state index is -0.0373. The summed E-state index contributed by atoms with van der Waals surface area (Å²) in [6.45, 7) is 0.0719. The number of nitrogens with zero attached hydrogens (tertiary/aromatic N) is 1. The van der Waals surface area contributed by atoms with Gasteiger partial charge in [-0.3, -0.25) is 4.79 Å². The van der Waals surface area contributed by atoms with Gasteiger partial charge in [0.15, 0.2) is 6.61 Å². The maximum absolute atomic E-state index is 11.6. The third-order valence-corrected chi connectivity index (χ3v) is 5.37. The van der Waals surface area contributed by atoms with Gasteiger partial charge in [-0.05, 0) is 49.7 Å². The predicted octanol–water partition coefficient (Wildman–Crippen LogP) is 2.77. The summed E-state index contributed by atoms with van der Waals surface area (Å²) < 4.78 is 11.1. The number of benzene rings is 1. The number of anilines is 1. The lowest BCUT2D eigenvalue weighted by atomic mass is 10.0. The van der Waals surface area contributed by atoms with E-state index in [1.165, 1.54) is 30.6 Å². The fraction of sp³-hybridized carbons (Fsp3) is 0.632. The molecular formula is C19H28N2O3. The van der Waals surface area contributed by atoms with Gasteiger partial charge in [0.05, 0.1) is 6.10 Å². The number of methoxy groups -OCH3 is 1. The molecule has 2 fully saturated rings. The van der Waals surface area contributed by atoms with E-state index in [4.69, 9.17) is 9.47 Å². The molecule has 1 N–H and O–H groups in total. The fourth-order valence-corrected chi connectivity index (χ4v) is 4.06. The Hall–Kier alpha value is -1.75. The topological polar surface area (TPSA) is 50.8 Å². The zero-order chi connectivity index (χ0) is 17.1. The number of carbonyl (C=O) groups excluding carboxylic acids is 1. The van der Waals surface area contributed by atoms with Crippen LogP contribution in [-0.4, -0.2) is 50.8 Å². The molecule has 0 saturated heterocycles. The van der Waals surface area contributed by atoms with Crippen molar-refractivity contribution >= 4 is 11.6 Å². The fourth-order valence-electron chi connectivity index (χ4n) is 4.06. The van der Waals surface area contributed by atoms with Gasteiger partial charge in [-0.1, -0.05) is 6.07 Å². The van der Waals surface area contributed by atoms with E-state index in [2.05, 4.69) is 11.4 Å². The Bertz CT molecular complexity index is 561. The zero-order valence-corrected chi connectivity index (χ0v) is 14.8. The average Bonchev–Trinajstić information content (AvgIpc) is 3.10. The van der Waals surface area contributed by atoms with Gasteiger partial charge in [-0.15, -0.1) is 0 Å². The number of carbonyl (C=O) groups is 1. The summed E-state index contributed by atoms with van der Waals surface area (Å²) in [5, 5.41) is 3.64. The summed E-state index contributed by atoms with van der Waals surface area (Å²) in [7, 11) is 5.29. The summed E-state index contributed by atoms with van der Waals surface area (Å²) in [6, 6.07) is 8.42. The van der Waals surface area contributed by atoms with E-state index >= 15 is 0 Å². The van der Waals surface area contributed by atoms with Crippen LogP contribution in [0.25, 0.3) is 0 Å². The highest BCUT2D eigenvalue weighted by Crippen LogP contribution is 2.45. The number of amides is 1. The number of hydrogen-bond donors (Lipinski definition) is 1. The summed E-state index contributed by atoms with van der Waals surface area (Å²) in [4.78, 5) is 13.2. The average molecular weight is 332 g/mol. The van der Waals surface area contributed by atoms with Crippen molar-refractivity contribution in [1.29, 1.82) is 0 Å². The number of rotatable bonds is 6. The Morgan fingerprint density at radius 2 is 1.92 bits per heavy atom. The van der Waals surface area contributed by atoms with Crippen LogP contribution in [0.2, 0.25) is 0 Å². The molecule has 4 atom stereocenters. The molecule has 2 saturated carbocycles. The maximum Gasteiger partial charge on any atom is 0.259 e. The van der Waals surface area contributed by atoms with Gasteiger partial charge in [0.2, 0.25) is 0 Å². The number of nitrogens with one attached hydrogen (secondary N) is 1. The highest BCUT2D eigenvalue weighted by atomic mass is 16.5. The van der Waals surface area contributed by atoms with Crippen molar-refractivity contribution in [2.45, 2.75) is 37.8 Å². The van der Waals surface area contributed by atoms with Crippen molar-refractivity contribution in [2.75, 3.05) is 33.1 Å². The molecule has 24 heavy (non-hydrogen) atoms. The molecule has 0 bridgehead atoms. The smallest absolute Gasteiger partial charge is 0.259 e. The van der Waals surface area contributed by atoms with E-state index in [0.29, 0.717) is 12.1 Å². The van der Waals surface area contributed by atoms with Crippen molar-refractivity contribution in [2.24, 2.45) is 11.8 Å². The highest BCUT2D eigenvalue weighted by molar-refractivity contribution is 5.77. The highest BCUT2D eigenvalue weighted by Gasteiger charge is 2.41. The van der Waals surface area contributed by atoms with E-state index in [-0.39, 0.29) is 12.5 Å². The lowest BCUT2D eigenvalue weighted by Crippen LogP contribution is -2.27. The standard InChI is InChI=1S/C19H28N2O3/c1-21(2)19(22)12-24-17-6-4-5-15(11-17)20-16-7-13-9-18(23-3)10-14(13)8-16/h4-6,11,13-14,16,18,20H,7-10,12H2,1-3H3/t13-,14+,16?,18?. The van der Waals surface area contributed by atoms with Crippen molar-refractivity contribution in [3.63, 3.8) is 0 Å². The molecule has 1 aromatic carbocycles. The molecule has 0 aromatic heterocycles. The van der Waals surface area contributed by atoms with Gasteiger partial charge in [-0.25, -0.2) is 0 Å². The second kappa shape index (κ2) is 7.43. The minimum absolute atomic E-state index is 0.0373. The SMILES string of the molecule is COC1C[C@H]2CC(Nc3cccc(OCC(=O)N(C)C)c3)C[C@H]2C1. The Morgan fingerprint density at radius 3 is 2.54 bits per heavy atom. The van der Waals surface area contributed by atoms with Crippen LogP contribution >= 0.6 is 0 Å². The number of ether oxygens (including phenoxy) is 2. The molecule has 132 valence electrons. The van der Waals surface area contributed by atoms with Crippen LogP contribution in [-0.2, 0) is 9.53 Å². The summed E-state index contributed by atoms with van der Waals surface area (Å²) in [5.41, 5.74) is 1.07.